The van der Waals surface area contributed by atoms with Crippen LogP contribution in [0.2, 0.25) is 0 Å². The number of nitrogens with zero attached hydrogens (tertiary/aromatic N) is 3. The monoisotopic (exact) mass is 656 g/mol. The van der Waals surface area contributed by atoms with Gasteiger partial charge in [0.1, 0.15) is 17.5 Å². The molecule has 276 valence electrons. The van der Waals surface area contributed by atoms with Crippen molar-refractivity contribution in [3.8, 4) is 0 Å². The summed E-state index contributed by atoms with van der Waals surface area (Å²) in [4.78, 5) is 14.6. The van der Waals surface area contributed by atoms with Crippen LogP contribution in [0.25, 0.3) is 0 Å². The summed E-state index contributed by atoms with van der Waals surface area (Å²) < 4.78 is 0. The minimum absolute atomic E-state index is 0.987. The van der Waals surface area contributed by atoms with Gasteiger partial charge in [-0.05, 0) is 19.3 Å². The predicted molar refractivity (Wildman–Crippen MR) is 210 cm³/mol. The Kier molecular flexibility index (Phi) is 34.0. The zero-order valence-corrected chi connectivity index (χ0v) is 32.7. The summed E-state index contributed by atoms with van der Waals surface area (Å²) >= 11 is 0. The van der Waals surface area contributed by atoms with Crippen molar-refractivity contribution in [1.82, 2.24) is 15.0 Å². The van der Waals surface area contributed by atoms with E-state index in [0.29, 0.717) is 0 Å². The van der Waals surface area contributed by atoms with Crippen molar-refractivity contribution in [2.75, 3.05) is 0 Å². The lowest BCUT2D eigenvalue weighted by Crippen LogP contribution is -2.08. The molecule has 0 N–H and O–H groups in total. The molecule has 0 saturated carbocycles. The first-order valence-corrected chi connectivity index (χ1v) is 22.0. The molecule has 0 atom stereocenters. The maximum atomic E-state index is 4.92. The van der Waals surface area contributed by atoms with Crippen LogP contribution < -0.4 is 0 Å². The summed E-state index contributed by atoms with van der Waals surface area (Å²) in [6.07, 6.45) is 52.4. The molecule has 0 radical (unpaired) electrons. The number of aryl methyl sites for hydroxylation is 3. The van der Waals surface area contributed by atoms with Gasteiger partial charge in [0.2, 0.25) is 0 Å². The molecule has 0 aromatic carbocycles. The Morgan fingerprint density at radius 2 is 0.404 bits per heavy atom. The zero-order chi connectivity index (χ0) is 33.7. The zero-order valence-electron chi connectivity index (χ0n) is 32.7. The van der Waals surface area contributed by atoms with E-state index >= 15 is 0 Å². The Balaban J connectivity index is 2.00. The maximum absolute atomic E-state index is 4.92. The summed E-state index contributed by atoms with van der Waals surface area (Å²) in [5.74, 6) is 3.16. The molecule has 0 aliphatic carbocycles. The van der Waals surface area contributed by atoms with Crippen molar-refractivity contribution in [3.05, 3.63) is 17.5 Å². The van der Waals surface area contributed by atoms with E-state index < -0.39 is 0 Å². The molecule has 47 heavy (non-hydrogen) atoms. The second-order valence-electron chi connectivity index (χ2n) is 15.1. The highest BCUT2D eigenvalue weighted by molar-refractivity contribution is 4.98. The first kappa shape index (κ1) is 44.0. The average molecular weight is 656 g/mol. The molecule has 1 heterocycles. The first-order valence-electron chi connectivity index (χ1n) is 22.0. The third-order valence-corrected chi connectivity index (χ3v) is 10.3. The van der Waals surface area contributed by atoms with Crippen LogP contribution in [0.5, 0.6) is 0 Å². The van der Waals surface area contributed by atoms with Gasteiger partial charge in [0.05, 0.1) is 0 Å². The van der Waals surface area contributed by atoms with Crippen LogP contribution in [0.1, 0.15) is 263 Å². The fourth-order valence-electron chi connectivity index (χ4n) is 7.10. The van der Waals surface area contributed by atoms with Gasteiger partial charge in [-0.15, -0.1) is 0 Å². The number of rotatable bonds is 38. The SMILES string of the molecule is CCCCCCCCCCCCCCCCCCCc1nc(CCC)nc(CCCCCCCCCCCCCCCCCCC)n1. The van der Waals surface area contributed by atoms with Crippen molar-refractivity contribution in [2.24, 2.45) is 0 Å². The largest absolute Gasteiger partial charge is 0.218 e. The van der Waals surface area contributed by atoms with Crippen molar-refractivity contribution >= 4 is 0 Å². The number of hydrogen-bond donors (Lipinski definition) is 0. The van der Waals surface area contributed by atoms with Gasteiger partial charge in [0.15, 0.2) is 0 Å². The molecule has 1 aromatic heterocycles. The van der Waals surface area contributed by atoms with Gasteiger partial charge in [-0.25, -0.2) is 15.0 Å². The Morgan fingerprint density at radius 1 is 0.213 bits per heavy atom. The van der Waals surface area contributed by atoms with Crippen LogP contribution in [-0.4, -0.2) is 15.0 Å². The van der Waals surface area contributed by atoms with Crippen LogP contribution >= 0.6 is 0 Å². The molecule has 0 saturated heterocycles. The van der Waals surface area contributed by atoms with Crippen molar-refractivity contribution in [1.29, 1.82) is 0 Å². The predicted octanol–water partition coefficient (Wildman–Crippen LogP) is 15.2. The fourth-order valence-corrected chi connectivity index (χ4v) is 7.10. The highest BCUT2D eigenvalue weighted by atomic mass is 15.0. The van der Waals surface area contributed by atoms with Crippen LogP contribution in [0.15, 0.2) is 0 Å². The lowest BCUT2D eigenvalue weighted by molar-refractivity contribution is 0.525. The van der Waals surface area contributed by atoms with E-state index in [1.54, 1.807) is 0 Å². The quantitative estimate of drug-likeness (QED) is 0.0665. The molecule has 0 spiro atoms. The van der Waals surface area contributed by atoms with Gasteiger partial charge < -0.3 is 0 Å². The Bertz CT molecular complexity index is 691. The highest BCUT2D eigenvalue weighted by Crippen LogP contribution is 2.17. The third-order valence-electron chi connectivity index (χ3n) is 10.3. The standard InChI is InChI=1S/C44H85N3/c1-4-7-9-11-13-15-17-19-21-23-25-27-29-31-33-35-37-40-43-45-42(39-6-3)46-44(47-43)41-38-36-34-32-30-28-26-24-22-20-18-16-14-12-10-8-5-2/h4-41H2,1-3H3. The summed E-state index contributed by atoms with van der Waals surface area (Å²) in [5, 5.41) is 0. The molecular formula is C44H85N3. The normalized spacial score (nSPS) is 11.6. The molecule has 3 heteroatoms. The van der Waals surface area contributed by atoms with E-state index in [4.69, 9.17) is 15.0 Å². The number of aromatic nitrogens is 3. The molecule has 3 nitrogen and oxygen atoms in total. The van der Waals surface area contributed by atoms with Gasteiger partial charge in [-0.1, -0.05) is 226 Å². The Hall–Kier alpha value is -0.990. The molecule has 0 unspecified atom stereocenters. The highest BCUT2D eigenvalue weighted by Gasteiger charge is 2.07. The van der Waals surface area contributed by atoms with Crippen molar-refractivity contribution in [2.45, 2.75) is 265 Å². The second kappa shape index (κ2) is 36.3. The van der Waals surface area contributed by atoms with Crippen LogP contribution in [0, 0.1) is 0 Å². The minimum Gasteiger partial charge on any atom is -0.218 e. The fraction of sp³-hybridized carbons (Fsp3) is 0.932. The maximum Gasteiger partial charge on any atom is 0.132 e. The lowest BCUT2D eigenvalue weighted by atomic mass is 10.0. The molecular weight excluding hydrogens is 571 g/mol. The molecule has 0 bridgehead atoms. The summed E-state index contributed by atoms with van der Waals surface area (Å²) in [6, 6.07) is 0. The van der Waals surface area contributed by atoms with Crippen LogP contribution in [-0.2, 0) is 19.3 Å². The van der Waals surface area contributed by atoms with Gasteiger partial charge in [-0.3, -0.25) is 0 Å². The number of unbranched alkanes of at least 4 members (excludes halogenated alkanes) is 32. The van der Waals surface area contributed by atoms with Gasteiger partial charge >= 0.3 is 0 Å². The summed E-state index contributed by atoms with van der Waals surface area (Å²) in [7, 11) is 0. The summed E-state index contributed by atoms with van der Waals surface area (Å²) in [6.45, 7) is 6.84. The lowest BCUT2D eigenvalue weighted by Gasteiger charge is -2.08. The minimum atomic E-state index is 0.987. The smallest absolute Gasteiger partial charge is 0.132 e. The van der Waals surface area contributed by atoms with Gasteiger partial charge in [0, 0.05) is 19.3 Å². The Morgan fingerprint density at radius 3 is 0.617 bits per heavy atom. The van der Waals surface area contributed by atoms with E-state index in [0.717, 1.165) is 43.2 Å². The molecule has 0 fully saturated rings. The van der Waals surface area contributed by atoms with Gasteiger partial charge in [-0.2, -0.15) is 0 Å². The van der Waals surface area contributed by atoms with Crippen molar-refractivity contribution < 1.29 is 0 Å². The topological polar surface area (TPSA) is 38.7 Å². The molecule has 0 aliphatic rings. The third kappa shape index (κ3) is 30.8. The van der Waals surface area contributed by atoms with E-state index in [1.807, 2.05) is 0 Å². The Labute approximate surface area is 296 Å². The number of hydrogen-bond acceptors (Lipinski definition) is 3. The van der Waals surface area contributed by atoms with E-state index in [9.17, 15) is 0 Å². The van der Waals surface area contributed by atoms with Crippen LogP contribution in [0.4, 0.5) is 0 Å². The molecule has 1 rings (SSSR count). The second-order valence-corrected chi connectivity index (χ2v) is 15.1. The summed E-state index contributed by atoms with van der Waals surface area (Å²) in [5.41, 5.74) is 0. The van der Waals surface area contributed by atoms with Crippen molar-refractivity contribution in [3.63, 3.8) is 0 Å². The van der Waals surface area contributed by atoms with Crippen LogP contribution in [0.3, 0.4) is 0 Å². The molecule has 1 aromatic rings. The van der Waals surface area contributed by atoms with E-state index in [2.05, 4.69) is 20.8 Å². The van der Waals surface area contributed by atoms with E-state index in [1.165, 1.54) is 218 Å². The van der Waals surface area contributed by atoms with E-state index in [-0.39, 0.29) is 0 Å². The molecule has 0 aliphatic heterocycles. The molecule has 0 amide bonds. The average Bonchev–Trinajstić information content (AvgIpc) is 3.07. The first-order chi connectivity index (χ1) is 23.3. The van der Waals surface area contributed by atoms with Gasteiger partial charge in [0.25, 0.3) is 0 Å².